The summed E-state index contributed by atoms with van der Waals surface area (Å²) in [4.78, 5) is 27.9. The van der Waals surface area contributed by atoms with Gasteiger partial charge in [-0.15, -0.1) is 0 Å². The van der Waals surface area contributed by atoms with Crippen molar-refractivity contribution in [2.45, 2.75) is 12.1 Å². The Kier molecular flexibility index (Phi) is 5.44. The van der Waals surface area contributed by atoms with Crippen LogP contribution < -0.4 is 10.6 Å². The number of hydrogen-bond donors (Lipinski definition) is 2. The first-order valence-corrected chi connectivity index (χ1v) is 9.59. The molecule has 0 spiro atoms. The lowest BCUT2D eigenvalue weighted by Crippen LogP contribution is -2.54. The number of halogens is 2. The van der Waals surface area contributed by atoms with Gasteiger partial charge in [0.25, 0.3) is 0 Å². The summed E-state index contributed by atoms with van der Waals surface area (Å²) in [7, 11) is 0. The van der Waals surface area contributed by atoms with Gasteiger partial charge in [-0.3, -0.25) is 9.69 Å². The van der Waals surface area contributed by atoms with Crippen molar-refractivity contribution >= 4 is 11.9 Å². The van der Waals surface area contributed by atoms with Crippen LogP contribution in [0, 0.1) is 11.6 Å². The van der Waals surface area contributed by atoms with Crippen LogP contribution in [0.3, 0.4) is 0 Å². The molecule has 0 radical (unpaired) electrons. The van der Waals surface area contributed by atoms with Gasteiger partial charge in [-0.1, -0.05) is 24.3 Å². The number of rotatable bonds is 4. The molecule has 3 amide bonds. The van der Waals surface area contributed by atoms with Gasteiger partial charge in [0.2, 0.25) is 5.91 Å². The number of amides is 3. The second kappa shape index (κ2) is 8.16. The minimum Gasteiger partial charge on any atom is -0.338 e. The number of urea groups is 1. The largest absolute Gasteiger partial charge is 0.338 e. The molecule has 4 rings (SSSR count). The molecular weight excluding hydrogens is 378 g/mol. The summed E-state index contributed by atoms with van der Waals surface area (Å²) >= 11 is 0. The van der Waals surface area contributed by atoms with Crippen molar-refractivity contribution < 1.29 is 18.4 Å². The van der Waals surface area contributed by atoms with Gasteiger partial charge in [0, 0.05) is 32.7 Å². The molecule has 8 heteroatoms. The number of carbonyl (C=O) groups is 2. The first kappa shape index (κ1) is 19.3. The standard InChI is InChI=1S/C21H22F2N4O2/c22-16-5-1-14(2-6-16)19(15-3-7-17(23)8-4-15)26-9-11-27(12-10-26)20(28)18-13-24-21(29)25-18/h1-8,18-19H,9-13H2,(H2,24,25,29). The fourth-order valence-electron chi connectivity index (χ4n) is 3.93. The summed E-state index contributed by atoms with van der Waals surface area (Å²) in [6.45, 7) is 2.55. The zero-order valence-corrected chi connectivity index (χ0v) is 15.8. The predicted molar refractivity (Wildman–Crippen MR) is 103 cm³/mol. The molecule has 2 N–H and O–H groups in total. The van der Waals surface area contributed by atoms with Gasteiger partial charge in [-0.2, -0.15) is 0 Å². The SMILES string of the molecule is O=C1NCC(C(=O)N2CCN(C(c3ccc(F)cc3)c3ccc(F)cc3)CC2)N1. The van der Waals surface area contributed by atoms with Crippen molar-refractivity contribution in [1.29, 1.82) is 0 Å². The van der Waals surface area contributed by atoms with Crippen LogP contribution in [0.2, 0.25) is 0 Å². The highest BCUT2D eigenvalue weighted by molar-refractivity contribution is 5.90. The zero-order valence-electron chi connectivity index (χ0n) is 15.8. The quantitative estimate of drug-likeness (QED) is 0.824. The Balaban J connectivity index is 1.50. The summed E-state index contributed by atoms with van der Waals surface area (Å²) in [5.41, 5.74) is 1.81. The molecule has 1 unspecified atom stereocenters. The lowest BCUT2D eigenvalue weighted by Gasteiger charge is -2.40. The lowest BCUT2D eigenvalue weighted by molar-refractivity contribution is -0.134. The smallest absolute Gasteiger partial charge is 0.315 e. The van der Waals surface area contributed by atoms with Gasteiger partial charge in [0.05, 0.1) is 6.04 Å². The Hall–Kier alpha value is -3.00. The van der Waals surface area contributed by atoms with E-state index >= 15 is 0 Å². The molecule has 0 aromatic heterocycles. The maximum Gasteiger partial charge on any atom is 0.315 e. The minimum absolute atomic E-state index is 0.0943. The molecule has 152 valence electrons. The number of benzene rings is 2. The van der Waals surface area contributed by atoms with Crippen LogP contribution in [0.5, 0.6) is 0 Å². The molecule has 0 saturated carbocycles. The molecule has 2 aliphatic heterocycles. The van der Waals surface area contributed by atoms with Gasteiger partial charge >= 0.3 is 6.03 Å². The van der Waals surface area contributed by atoms with Crippen molar-refractivity contribution in [3.8, 4) is 0 Å². The number of nitrogens with one attached hydrogen (secondary N) is 2. The van der Waals surface area contributed by atoms with Crippen molar-refractivity contribution in [3.05, 3.63) is 71.3 Å². The number of hydrogen-bond acceptors (Lipinski definition) is 3. The first-order valence-electron chi connectivity index (χ1n) is 9.59. The molecule has 2 saturated heterocycles. The van der Waals surface area contributed by atoms with E-state index < -0.39 is 6.04 Å². The zero-order chi connectivity index (χ0) is 20.4. The third-order valence-electron chi connectivity index (χ3n) is 5.43. The van der Waals surface area contributed by atoms with E-state index in [0.29, 0.717) is 32.7 Å². The van der Waals surface area contributed by atoms with E-state index in [1.54, 1.807) is 29.2 Å². The Morgan fingerprint density at radius 1 is 0.897 bits per heavy atom. The molecule has 0 bridgehead atoms. The van der Waals surface area contributed by atoms with Crippen LogP contribution in [-0.2, 0) is 4.79 Å². The van der Waals surface area contributed by atoms with Gasteiger partial charge in [-0.25, -0.2) is 13.6 Å². The highest BCUT2D eigenvalue weighted by Gasteiger charge is 2.34. The Morgan fingerprint density at radius 2 is 1.41 bits per heavy atom. The molecule has 6 nitrogen and oxygen atoms in total. The van der Waals surface area contributed by atoms with Crippen LogP contribution in [0.15, 0.2) is 48.5 Å². The number of nitrogens with zero attached hydrogens (tertiary/aromatic N) is 2. The highest BCUT2D eigenvalue weighted by atomic mass is 19.1. The van der Waals surface area contributed by atoms with E-state index in [-0.39, 0.29) is 29.6 Å². The van der Waals surface area contributed by atoms with Crippen LogP contribution in [-0.4, -0.2) is 60.5 Å². The summed E-state index contributed by atoms with van der Waals surface area (Å²) < 4.78 is 26.8. The maximum atomic E-state index is 13.4. The van der Waals surface area contributed by atoms with E-state index in [4.69, 9.17) is 0 Å². The monoisotopic (exact) mass is 400 g/mol. The third-order valence-corrected chi connectivity index (χ3v) is 5.43. The Morgan fingerprint density at radius 3 is 1.86 bits per heavy atom. The van der Waals surface area contributed by atoms with Gasteiger partial charge in [0.15, 0.2) is 0 Å². The van der Waals surface area contributed by atoms with Crippen LogP contribution in [0.25, 0.3) is 0 Å². The van der Waals surface area contributed by atoms with E-state index in [1.807, 2.05) is 0 Å². The van der Waals surface area contributed by atoms with E-state index in [9.17, 15) is 18.4 Å². The third kappa shape index (κ3) is 4.22. The average Bonchev–Trinajstić information content (AvgIpc) is 3.17. The topological polar surface area (TPSA) is 64.7 Å². The molecule has 1 atom stereocenters. The van der Waals surface area contributed by atoms with Crippen LogP contribution in [0.4, 0.5) is 13.6 Å². The van der Waals surface area contributed by atoms with E-state index in [1.165, 1.54) is 24.3 Å². The summed E-state index contributed by atoms with van der Waals surface area (Å²) in [5.74, 6) is -0.716. The van der Waals surface area contributed by atoms with Crippen LogP contribution >= 0.6 is 0 Å². The fraction of sp³-hybridized carbons (Fsp3) is 0.333. The van der Waals surface area contributed by atoms with E-state index in [2.05, 4.69) is 15.5 Å². The fourth-order valence-corrected chi connectivity index (χ4v) is 3.93. The molecule has 2 fully saturated rings. The molecule has 2 aromatic rings. The lowest BCUT2D eigenvalue weighted by atomic mass is 9.96. The predicted octanol–water partition coefficient (Wildman–Crippen LogP) is 1.88. The molecule has 0 aliphatic carbocycles. The number of carbonyl (C=O) groups excluding carboxylic acids is 2. The molecule has 2 aromatic carbocycles. The van der Waals surface area contributed by atoms with Gasteiger partial charge in [-0.05, 0) is 35.4 Å². The highest BCUT2D eigenvalue weighted by Crippen LogP contribution is 2.30. The van der Waals surface area contributed by atoms with Gasteiger partial charge < -0.3 is 15.5 Å². The van der Waals surface area contributed by atoms with Crippen molar-refractivity contribution in [2.24, 2.45) is 0 Å². The second-order valence-electron chi connectivity index (χ2n) is 7.27. The Labute approximate surface area is 167 Å². The normalized spacial score (nSPS) is 19.9. The van der Waals surface area contributed by atoms with Crippen molar-refractivity contribution in [2.75, 3.05) is 32.7 Å². The van der Waals surface area contributed by atoms with Crippen molar-refractivity contribution in [3.63, 3.8) is 0 Å². The second-order valence-corrected chi connectivity index (χ2v) is 7.27. The summed E-state index contributed by atoms with van der Waals surface area (Å²) in [6.07, 6.45) is 0. The molecule has 2 heterocycles. The average molecular weight is 400 g/mol. The molecule has 29 heavy (non-hydrogen) atoms. The summed E-state index contributed by atoms with van der Waals surface area (Å²) in [5, 5.41) is 5.22. The molecular formula is C21H22F2N4O2. The maximum absolute atomic E-state index is 13.4. The van der Waals surface area contributed by atoms with Crippen molar-refractivity contribution in [1.82, 2.24) is 20.4 Å². The Bertz CT molecular complexity index is 835. The molecule has 2 aliphatic rings. The first-order chi connectivity index (χ1) is 14.0. The minimum atomic E-state index is -0.529. The van der Waals surface area contributed by atoms with Crippen LogP contribution in [0.1, 0.15) is 17.2 Å². The van der Waals surface area contributed by atoms with Gasteiger partial charge in [0.1, 0.15) is 17.7 Å². The van der Waals surface area contributed by atoms with E-state index in [0.717, 1.165) is 11.1 Å². The number of piperazine rings is 1. The summed E-state index contributed by atoms with van der Waals surface area (Å²) in [6, 6.07) is 11.6.